The maximum atomic E-state index is 14.0. The molecule has 0 saturated heterocycles. The Morgan fingerprint density at radius 1 is 0.500 bits per heavy atom. The maximum Gasteiger partial charge on any atom is 0.193 e. The second-order valence-electron chi connectivity index (χ2n) is 14.4. The molecule has 0 unspecified atom stereocenters. The van der Waals surface area contributed by atoms with E-state index >= 15 is 0 Å². The van der Waals surface area contributed by atoms with Crippen LogP contribution in [0.3, 0.4) is 0 Å². The predicted molar refractivity (Wildman–Crippen MR) is 147 cm³/mol. The monoisotopic (exact) mass is 502 g/mol. The van der Waals surface area contributed by atoms with Crippen LogP contribution in [0.4, 0.5) is 0 Å². The van der Waals surface area contributed by atoms with Crippen LogP contribution in [0.1, 0.15) is 38.2 Å². The molecule has 36 heavy (non-hydrogen) atoms. The van der Waals surface area contributed by atoms with Gasteiger partial charge in [-0.05, 0) is 24.3 Å². The summed E-state index contributed by atoms with van der Waals surface area (Å²) in [5, 5.41) is 22.2. The molecule has 7 nitrogen and oxygen atoms in total. The minimum atomic E-state index is -0.0920. The van der Waals surface area contributed by atoms with E-state index in [1.165, 1.54) is 0 Å². The summed E-state index contributed by atoms with van der Waals surface area (Å²) >= 11 is 0. The van der Waals surface area contributed by atoms with Gasteiger partial charge in [0.15, 0.2) is 5.78 Å². The molecule has 0 saturated carbocycles. The van der Waals surface area contributed by atoms with Gasteiger partial charge in [0.1, 0.15) is 37.7 Å². The zero-order valence-electron chi connectivity index (χ0n) is 24.7. The van der Waals surface area contributed by atoms with Gasteiger partial charge in [0, 0.05) is 33.4 Å². The van der Waals surface area contributed by atoms with Crippen molar-refractivity contribution in [1.29, 1.82) is 0 Å². The number of phenolic OH excluding ortho intramolecular Hbond substituents is 2. The molecule has 0 aliphatic rings. The molecule has 2 rings (SSSR count). The number of hydrogen-bond donors (Lipinski definition) is 2. The summed E-state index contributed by atoms with van der Waals surface area (Å²) in [6.45, 7) is 2.41. The van der Waals surface area contributed by atoms with Crippen LogP contribution in [0, 0.1) is 0 Å². The fourth-order valence-electron chi connectivity index (χ4n) is 4.48. The SMILES string of the molecule is C[N+](C)(C)Cc1cc(C(=O)c2cc(C[N+](C)(C)C)c(O)c(C[N+](C)(C)C)c2)cc(C[N+](C)(C)C)c1O. The van der Waals surface area contributed by atoms with Crippen LogP contribution in [0.5, 0.6) is 11.5 Å². The Morgan fingerprint density at radius 3 is 0.861 bits per heavy atom. The summed E-state index contributed by atoms with van der Waals surface area (Å²) < 4.78 is 2.54. The topological polar surface area (TPSA) is 57.5 Å². The summed E-state index contributed by atoms with van der Waals surface area (Å²) in [5.74, 6) is 0.454. The van der Waals surface area contributed by atoms with Gasteiger partial charge >= 0.3 is 0 Å². The quantitative estimate of drug-likeness (QED) is 0.388. The number of phenols is 2. The number of hydrogen-bond acceptors (Lipinski definition) is 3. The molecule has 0 aliphatic heterocycles. The molecule has 2 N–H and O–H groups in total. The fourth-order valence-corrected chi connectivity index (χ4v) is 4.48. The summed E-state index contributed by atoms with van der Waals surface area (Å²) in [6.07, 6.45) is 0. The van der Waals surface area contributed by atoms with Gasteiger partial charge in [-0.15, -0.1) is 0 Å². The summed E-state index contributed by atoms with van der Waals surface area (Å²) in [7, 11) is 24.9. The van der Waals surface area contributed by atoms with E-state index in [1.807, 2.05) is 24.3 Å². The molecule has 0 radical (unpaired) electrons. The molecule has 0 aliphatic carbocycles. The molecule has 2 aromatic rings. The Bertz CT molecular complexity index is 950. The molecule has 0 bridgehead atoms. The van der Waals surface area contributed by atoms with Crippen molar-refractivity contribution in [3.05, 3.63) is 57.6 Å². The number of ketones is 1. The number of rotatable bonds is 10. The Morgan fingerprint density at radius 2 is 0.694 bits per heavy atom. The van der Waals surface area contributed by atoms with E-state index in [1.54, 1.807) is 0 Å². The Kier molecular flexibility index (Phi) is 8.38. The van der Waals surface area contributed by atoms with E-state index in [0.717, 1.165) is 22.3 Å². The van der Waals surface area contributed by atoms with Gasteiger partial charge in [-0.25, -0.2) is 0 Å². The van der Waals surface area contributed by atoms with Gasteiger partial charge in [-0.1, -0.05) is 0 Å². The molecule has 2 aromatic carbocycles. The van der Waals surface area contributed by atoms with Crippen LogP contribution >= 0.6 is 0 Å². The second-order valence-corrected chi connectivity index (χ2v) is 14.4. The fraction of sp³-hybridized carbons (Fsp3) is 0.552. The van der Waals surface area contributed by atoms with Crippen LogP contribution in [0.25, 0.3) is 0 Å². The molecule has 0 heterocycles. The van der Waals surface area contributed by atoms with Crippen LogP contribution in [-0.2, 0) is 26.2 Å². The van der Waals surface area contributed by atoms with Gasteiger partial charge in [0.05, 0.1) is 84.6 Å². The van der Waals surface area contributed by atoms with Crippen molar-refractivity contribution in [1.82, 2.24) is 0 Å². The van der Waals surface area contributed by atoms with Crippen molar-refractivity contribution in [3.8, 4) is 11.5 Å². The number of nitrogens with zero attached hydrogens (tertiary/aromatic N) is 4. The van der Waals surface area contributed by atoms with Crippen LogP contribution in [0.2, 0.25) is 0 Å². The van der Waals surface area contributed by atoms with Crippen molar-refractivity contribution in [2.45, 2.75) is 26.2 Å². The molecule has 7 heteroatoms. The van der Waals surface area contributed by atoms with Crippen LogP contribution in [0.15, 0.2) is 24.3 Å². The van der Waals surface area contributed by atoms with Crippen molar-refractivity contribution < 1.29 is 32.9 Å². The maximum absolute atomic E-state index is 14.0. The lowest BCUT2D eigenvalue weighted by Gasteiger charge is -2.28. The van der Waals surface area contributed by atoms with Crippen molar-refractivity contribution in [2.24, 2.45) is 0 Å². The standard InChI is InChI=1S/C29H48N4O3/c1-30(2,3)17-23-13-21(14-24(28(23)35)18-31(4,5)6)27(34)22-15-25(19-32(7,8)9)29(36)26(16-22)20-33(10,11)12/h13-16H,17-20H2,1-12H3/q+2/p+2. The van der Waals surface area contributed by atoms with Gasteiger partial charge in [0.2, 0.25) is 0 Å². The van der Waals surface area contributed by atoms with Crippen LogP contribution in [-0.4, -0.2) is 119 Å². The van der Waals surface area contributed by atoms with Crippen molar-refractivity contribution >= 4 is 5.78 Å². The van der Waals surface area contributed by atoms with E-state index in [-0.39, 0.29) is 17.3 Å². The van der Waals surface area contributed by atoms with E-state index in [2.05, 4.69) is 84.6 Å². The summed E-state index contributed by atoms with van der Waals surface area (Å²) in [5.41, 5.74) is 4.22. The first-order valence-corrected chi connectivity index (χ1v) is 12.5. The van der Waals surface area contributed by atoms with E-state index in [0.29, 0.717) is 55.2 Å². The third-order valence-electron chi connectivity index (χ3n) is 5.64. The zero-order valence-corrected chi connectivity index (χ0v) is 24.7. The molecule has 200 valence electrons. The average Bonchev–Trinajstić information content (AvgIpc) is 2.63. The molecule has 0 fully saturated rings. The first kappa shape index (κ1) is 29.8. The van der Waals surface area contributed by atoms with E-state index < -0.39 is 0 Å². The largest absolute Gasteiger partial charge is 0.507 e. The normalized spacial score (nSPS) is 13.2. The molecular weight excluding hydrogens is 452 g/mol. The third-order valence-corrected chi connectivity index (χ3v) is 5.64. The summed E-state index contributed by atoms with van der Waals surface area (Å²) in [4.78, 5) is 14.0. The lowest BCUT2D eigenvalue weighted by Crippen LogP contribution is -2.35. The zero-order chi connectivity index (χ0) is 27.9. The van der Waals surface area contributed by atoms with Gasteiger partial charge in [-0.3, -0.25) is 4.79 Å². The molecule has 0 atom stereocenters. The smallest absolute Gasteiger partial charge is 0.193 e. The highest BCUT2D eigenvalue weighted by molar-refractivity contribution is 6.09. The van der Waals surface area contributed by atoms with Crippen molar-refractivity contribution in [2.75, 3.05) is 84.6 Å². The Balaban J connectivity index is 2.72. The van der Waals surface area contributed by atoms with Gasteiger partial charge in [0.25, 0.3) is 0 Å². The first-order chi connectivity index (χ1) is 16.0. The number of carbonyl (C=O) groups excluding carboxylic acids is 1. The molecule has 0 spiro atoms. The van der Waals surface area contributed by atoms with Crippen LogP contribution < -0.4 is 0 Å². The first-order valence-electron chi connectivity index (χ1n) is 12.5. The highest BCUT2D eigenvalue weighted by Gasteiger charge is 2.26. The lowest BCUT2D eigenvalue weighted by molar-refractivity contribution is -0.884. The number of quaternary nitrogens is 4. The minimum Gasteiger partial charge on any atom is -0.507 e. The molecular formula is C29H50N4O3+4. The molecule has 0 aromatic heterocycles. The van der Waals surface area contributed by atoms with Gasteiger partial charge < -0.3 is 28.1 Å². The number of carbonyl (C=O) groups is 1. The Labute approximate surface area is 218 Å². The number of aromatic hydroxyl groups is 2. The summed E-state index contributed by atoms with van der Waals surface area (Å²) in [6, 6.07) is 7.36. The van der Waals surface area contributed by atoms with E-state index in [4.69, 9.17) is 0 Å². The second kappa shape index (κ2) is 10.1. The predicted octanol–water partition coefficient (Wildman–Crippen LogP) is 3.15. The van der Waals surface area contributed by atoms with E-state index in [9.17, 15) is 15.0 Å². The Hall–Kier alpha value is -2.45. The van der Waals surface area contributed by atoms with Gasteiger partial charge in [-0.2, -0.15) is 0 Å². The average molecular weight is 503 g/mol. The third kappa shape index (κ3) is 8.89. The lowest BCUT2D eigenvalue weighted by atomic mass is 9.93. The number of benzene rings is 2. The molecule has 0 amide bonds. The van der Waals surface area contributed by atoms with Crippen molar-refractivity contribution in [3.63, 3.8) is 0 Å². The highest BCUT2D eigenvalue weighted by Crippen LogP contribution is 2.32. The highest BCUT2D eigenvalue weighted by atomic mass is 16.3. The minimum absolute atomic E-state index is 0.0920.